The van der Waals surface area contributed by atoms with E-state index in [4.69, 9.17) is 0 Å². The predicted molar refractivity (Wildman–Crippen MR) is 91.3 cm³/mol. The molecule has 2 aromatic carbocycles. The molecule has 0 spiro atoms. The van der Waals surface area contributed by atoms with E-state index >= 15 is 0 Å². The lowest BCUT2D eigenvalue weighted by molar-refractivity contribution is -0.140. The first-order valence-electron chi connectivity index (χ1n) is 7.83. The van der Waals surface area contributed by atoms with Gasteiger partial charge in [0.25, 0.3) is 0 Å². The van der Waals surface area contributed by atoms with E-state index in [0.29, 0.717) is 10.4 Å². The normalized spacial score (nSPS) is 12.8. The van der Waals surface area contributed by atoms with Crippen molar-refractivity contribution in [3.63, 3.8) is 0 Å². The molecule has 158 valence electrons. The van der Waals surface area contributed by atoms with E-state index in [0.717, 1.165) is 43.4 Å². The highest BCUT2D eigenvalue weighted by Crippen LogP contribution is 2.36. The van der Waals surface area contributed by atoms with Gasteiger partial charge >= 0.3 is 12.4 Å². The zero-order valence-electron chi connectivity index (χ0n) is 14.7. The number of rotatable bonds is 5. The summed E-state index contributed by atoms with van der Waals surface area (Å²) < 4.78 is 103. The maximum absolute atomic E-state index is 13.1. The molecule has 0 aliphatic heterocycles. The van der Waals surface area contributed by atoms with Crippen LogP contribution in [0.5, 0.6) is 0 Å². The molecule has 0 aliphatic carbocycles. The van der Waals surface area contributed by atoms with Gasteiger partial charge in [0.1, 0.15) is 0 Å². The second kappa shape index (κ2) is 8.03. The summed E-state index contributed by atoms with van der Waals surface area (Å²) in [4.78, 5) is 11.0. The Hall–Kier alpha value is -2.60. The van der Waals surface area contributed by atoms with Gasteiger partial charge < -0.3 is 5.32 Å². The largest absolute Gasteiger partial charge is 0.418 e. The Morgan fingerprint density at radius 3 is 1.93 bits per heavy atom. The number of nitrogens with zero attached hydrogens (tertiary/aromatic N) is 1. The summed E-state index contributed by atoms with van der Waals surface area (Å²) in [6.07, 6.45) is -9.73. The predicted octanol–water partition coefficient (Wildman–Crippen LogP) is 3.98. The Labute approximate surface area is 162 Å². The van der Waals surface area contributed by atoms with Crippen molar-refractivity contribution in [1.82, 2.24) is 4.31 Å². The van der Waals surface area contributed by atoms with E-state index in [-0.39, 0.29) is 0 Å². The third kappa shape index (κ3) is 5.26. The van der Waals surface area contributed by atoms with Crippen LogP contribution in [-0.4, -0.2) is 32.2 Å². The van der Waals surface area contributed by atoms with Crippen molar-refractivity contribution >= 4 is 21.6 Å². The Bertz CT molecular complexity index is 1000. The Morgan fingerprint density at radius 2 is 1.38 bits per heavy atom. The van der Waals surface area contributed by atoms with Crippen LogP contribution in [0.3, 0.4) is 0 Å². The number of carbonyl (C=O) groups is 1. The lowest BCUT2D eigenvalue weighted by Crippen LogP contribution is -2.36. The summed E-state index contributed by atoms with van der Waals surface area (Å²) in [5.41, 5.74) is -3.18. The molecule has 0 fully saturated rings. The summed E-state index contributed by atoms with van der Waals surface area (Å²) >= 11 is 0. The number of likely N-dealkylation sites (N-methyl/N-ethyl adjacent to an activating group) is 1. The average Bonchev–Trinajstić information content (AvgIpc) is 2.60. The van der Waals surface area contributed by atoms with Gasteiger partial charge in [-0.1, -0.05) is 24.3 Å². The van der Waals surface area contributed by atoms with E-state index in [1.807, 2.05) is 5.32 Å². The highest BCUT2D eigenvalue weighted by atomic mass is 32.2. The molecular formula is C17H14F6N2O3S. The fourth-order valence-electron chi connectivity index (χ4n) is 2.41. The molecule has 0 aliphatic rings. The standard InChI is InChI=1S/C17H14F6N2O3S/c1-25(29(27,28)14-9-5-3-7-12(14)17(21,22)23)10-15(26)24-13-8-4-2-6-11(13)16(18,19)20/h2-9H,10H2,1H3,(H,24,26). The van der Waals surface area contributed by atoms with Crippen LogP contribution >= 0.6 is 0 Å². The molecule has 0 saturated heterocycles. The van der Waals surface area contributed by atoms with E-state index in [1.54, 1.807) is 0 Å². The summed E-state index contributed by atoms with van der Waals surface area (Å²) in [6.45, 7) is -0.999. The van der Waals surface area contributed by atoms with Crippen molar-refractivity contribution in [1.29, 1.82) is 0 Å². The molecule has 1 N–H and O–H groups in total. The summed E-state index contributed by atoms with van der Waals surface area (Å²) in [7, 11) is -3.90. The molecule has 1 amide bonds. The summed E-state index contributed by atoms with van der Waals surface area (Å²) in [5.74, 6) is -1.16. The minimum Gasteiger partial charge on any atom is -0.324 e. The van der Waals surface area contributed by atoms with Gasteiger partial charge in [-0.25, -0.2) is 8.42 Å². The van der Waals surface area contributed by atoms with E-state index in [9.17, 15) is 39.6 Å². The summed E-state index contributed by atoms with van der Waals surface area (Å²) in [6, 6.07) is 7.39. The number of nitrogens with one attached hydrogen (secondary N) is 1. The number of alkyl halides is 6. The number of anilines is 1. The molecule has 0 heterocycles. The topological polar surface area (TPSA) is 66.5 Å². The molecule has 0 atom stereocenters. The zero-order chi connectivity index (χ0) is 22.0. The third-order valence-electron chi connectivity index (χ3n) is 3.75. The monoisotopic (exact) mass is 440 g/mol. The van der Waals surface area contributed by atoms with Crippen LogP contribution < -0.4 is 5.32 Å². The first-order chi connectivity index (χ1) is 13.2. The number of hydrogen-bond acceptors (Lipinski definition) is 3. The lowest BCUT2D eigenvalue weighted by atomic mass is 10.1. The van der Waals surface area contributed by atoms with Gasteiger partial charge in [-0.2, -0.15) is 30.6 Å². The molecule has 2 aromatic rings. The van der Waals surface area contributed by atoms with Crippen molar-refractivity contribution < 1.29 is 39.6 Å². The van der Waals surface area contributed by atoms with E-state index < -0.39 is 56.5 Å². The minimum atomic E-state index is -4.96. The van der Waals surface area contributed by atoms with Crippen LogP contribution in [0.1, 0.15) is 11.1 Å². The molecule has 29 heavy (non-hydrogen) atoms. The van der Waals surface area contributed by atoms with Crippen molar-refractivity contribution in [2.24, 2.45) is 0 Å². The molecule has 0 radical (unpaired) electrons. The molecule has 0 unspecified atom stereocenters. The molecule has 0 saturated carbocycles. The van der Waals surface area contributed by atoms with Gasteiger partial charge in [0.15, 0.2) is 0 Å². The molecule has 12 heteroatoms. The van der Waals surface area contributed by atoms with Gasteiger partial charge in [0, 0.05) is 7.05 Å². The number of amides is 1. The Morgan fingerprint density at radius 1 is 0.897 bits per heavy atom. The Balaban J connectivity index is 2.25. The van der Waals surface area contributed by atoms with Gasteiger partial charge in [-0.3, -0.25) is 4.79 Å². The van der Waals surface area contributed by atoms with E-state index in [2.05, 4.69) is 0 Å². The average molecular weight is 440 g/mol. The van der Waals surface area contributed by atoms with Crippen molar-refractivity contribution in [2.45, 2.75) is 17.2 Å². The smallest absolute Gasteiger partial charge is 0.324 e. The highest BCUT2D eigenvalue weighted by molar-refractivity contribution is 7.89. The second-order valence-electron chi connectivity index (χ2n) is 5.85. The molecule has 2 rings (SSSR count). The molecule has 0 bridgehead atoms. The van der Waals surface area contributed by atoms with E-state index in [1.165, 1.54) is 6.07 Å². The molecule has 5 nitrogen and oxygen atoms in total. The van der Waals surface area contributed by atoms with Crippen LogP contribution in [-0.2, 0) is 27.2 Å². The van der Waals surface area contributed by atoms with Gasteiger partial charge in [-0.15, -0.1) is 0 Å². The highest BCUT2D eigenvalue weighted by Gasteiger charge is 2.38. The van der Waals surface area contributed by atoms with Crippen molar-refractivity contribution in [3.8, 4) is 0 Å². The van der Waals surface area contributed by atoms with Crippen LogP contribution in [0.4, 0.5) is 32.0 Å². The fraction of sp³-hybridized carbons (Fsp3) is 0.235. The van der Waals surface area contributed by atoms with Crippen molar-refractivity contribution in [2.75, 3.05) is 18.9 Å². The SMILES string of the molecule is CN(CC(=O)Nc1ccccc1C(F)(F)F)S(=O)(=O)c1ccccc1C(F)(F)F. The van der Waals surface area contributed by atoms with Crippen LogP contribution in [0.2, 0.25) is 0 Å². The van der Waals surface area contributed by atoms with Gasteiger partial charge in [-0.05, 0) is 24.3 Å². The quantitative estimate of drug-likeness (QED) is 0.716. The van der Waals surface area contributed by atoms with Crippen LogP contribution in [0.15, 0.2) is 53.4 Å². The first kappa shape index (κ1) is 22.7. The minimum absolute atomic E-state index is 0.323. The number of sulfonamides is 1. The number of para-hydroxylation sites is 1. The van der Waals surface area contributed by atoms with Crippen LogP contribution in [0.25, 0.3) is 0 Å². The van der Waals surface area contributed by atoms with Crippen LogP contribution in [0, 0.1) is 0 Å². The zero-order valence-corrected chi connectivity index (χ0v) is 15.5. The lowest BCUT2D eigenvalue weighted by Gasteiger charge is -2.20. The van der Waals surface area contributed by atoms with Crippen molar-refractivity contribution in [3.05, 3.63) is 59.7 Å². The van der Waals surface area contributed by atoms with Gasteiger partial charge in [0.05, 0.1) is 28.3 Å². The number of hydrogen-bond donors (Lipinski definition) is 1. The Kier molecular flexibility index (Phi) is 6.28. The first-order valence-corrected chi connectivity index (χ1v) is 9.27. The maximum atomic E-state index is 13.1. The molecular weight excluding hydrogens is 426 g/mol. The number of halogens is 6. The third-order valence-corrected chi connectivity index (χ3v) is 5.62. The summed E-state index contributed by atoms with van der Waals surface area (Å²) in [5, 5.41) is 1.93. The fourth-order valence-corrected chi connectivity index (χ4v) is 3.75. The number of benzene rings is 2. The second-order valence-corrected chi connectivity index (χ2v) is 7.86. The van der Waals surface area contributed by atoms with Gasteiger partial charge in [0.2, 0.25) is 15.9 Å². The number of carbonyl (C=O) groups excluding carboxylic acids is 1. The maximum Gasteiger partial charge on any atom is 0.418 e. The molecule has 0 aromatic heterocycles.